The molecule has 66 valence electrons. The molecule has 0 nitrogen and oxygen atoms in total. The second-order valence-electron chi connectivity index (χ2n) is 2.79. The Balaban J connectivity index is 2.91. The van der Waals surface area contributed by atoms with Crippen LogP contribution in [0.1, 0.15) is 20.3 Å². The van der Waals surface area contributed by atoms with Gasteiger partial charge in [0.15, 0.2) is 0 Å². The van der Waals surface area contributed by atoms with Crippen molar-refractivity contribution in [3.63, 3.8) is 0 Å². The molecule has 0 aliphatic heterocycles. The first-order chi connectivity index (χ1) is 6.38. The maximum atomic E-state index is 2.96. The molecule has 0 heterocycles. The van der Waals surface area contributed by atoms with Gasteiger partial charge in [0.1, 0.15) is 0 Å². The molecule has 0 atom stereocenters. The highest BCUT2D eigenvalue weighted by molar-refractivity contribution is 5.48. The molecular weight excluding hydrogens is 156 g/mol. The topological polar surface area (TPSA) is 0 Å². The highest BCUT2D eigenvalue weighted by Gasteiger charge is 1.96. The van der Waals surface area contributed by atoms with Crippen molar-refractivity contribution >= 4 is 0 Å². The smallest absolute Gasteiger partial charge is 0.00366 e. The molecule has 0 radical (unpaired) electrons. The molecule has 0 amide bonds. The van der Waals surface area contributed by atoms with Crippen LogP contribution in [0.3, 0.4) is 0 Å². The van der Waals surface area contributed by atoms with Gasteiger partial charge in [0, 0.05) is 0 Å². The predicted molar refractivity (Wildman–Crippen MR) is 57.4 cm³/mol. The second kappa shape index (κ2) is 5.22. The number of hydrogen-bond donors (Lipinski definition) is 0. The highest BCUT2D eigenvalue weighted by Crippen LogP contribution is 2.15. The summed E-state index contributed by atoms with van der Waals surface area (Å²) in [5.41, 5.74) is 8.32. The van der Waals surface area contributed by atoms with E-state index in [-0.39, 0.29) is 0 Å². The largest absolute Gasteiger partial charge is 0.0871 e. The van der Waals surface area contributed by atoms with Crippen molar-refractivity contribution in [2.45, 2.75) is 20.3 Å². The van der Waals surface area contributed by atoms with Crippen LogP contribution in [-0.2, 0) is 0 Å². The Morgan fingerprint density at radius 2 is 2.31 bits per heavy atom. The average Bonchev–Trinajstić information content (AvgIpc) is 2.19. The summed E-state index contributed by atoms with van der Waals surface area (Å²) < 4.78 is 0. The Morgan fingerprint density at radius 1 is 1.46 bits per heavy atom. The fraction of sp³-hybridized carbons (Fsp3) is 0.231. The summed E-state index contributed by atoms with van der Waals surface area (Å²) in [6, 6.07) is 0. The summed E-state index contributed by atoms with van der Waals surface area (Å²) in [6.07, 6.45) is 13.3. The summed E-state index contributed by atoms with van der Waals surface area (Å²) in [5.74, 6) is 0. The third-order valence-corrected chi connectivity index (χ3v) is 1.76. The second-order valence-corrected chi connectivity index (χ2v) is 2.79. The molecule has 0 bridgehead atoms. The molecule has 0 unspecified atom stereocenters. The van der Waals surface area contributed by atoms with Crippen LogP contribution in [0.15, 0.2) is 59.1 Å². The van der Waals surface area contributed by atoms with Gasteiger partial charge in [0.25, 0.3) is 0 Å². The van der Waals surface area contributed by atoms with E-state index in [9.17, 15) is 0 Å². The summed E-state index contributed by atoms with van der Waals surface area (Å²) in [6.45, 7) is 4.17. The fourth-order valence-electron chi connectivity index (χ4n) is 1.21. The molecule has 0 saturated carbocycles. The van der Waals surface area contributed by atoms with Gasteiger partial charge in [-0.15, -0.1) is 0 Å². The number of rotatable bonds is 3. The zero-order valence-electron chi connectivity index (χ0n) is 8.17. The SMILES string of the molecule is C/C=C\C(=C/CC)C1=CC=C=C=C1. The van der Waals surface area contributed by atoms with Crippen molar-refractivity contribution in [2.24, 2.45) is 0 Å². The van der Waals surface area contributed by atoms with Gasteiger partial charge < -0.3 is 0 Å². The van der Waals surface area contributed by atoms with Gasteiger partial charge >= 0.3 is 0 Å². The lowest BCUT2D eigenvalue weighted by Crippen LogP contribution is -1.83. The minimum Gasteiger partial charge on any atom is -0.0871 e. The summed E-state index contributed by atoms with van der Waals surface area (Å²) >= 11 is 0. The van der Waals surface area contributed by atoms with Crippen LogP contribution in [0.4, 0.5) is 0 Å². The maximum Gasteiger partial charge on any atom is -0.00366 e. The summed E-state index contributed by atoms with van der Waals surface area (Å²) in [5, 5.41) is 0. The van der Waals surface area contributed by atoms with E-state index in [1.165, 1.54) is 11.1 Å². The van der Waals surface area contributed by atoms with E-state index in [0.717, 1.165) is 6.42 Å². The van der Waals surface area contributed by atoms with Crippen LogP contribution in [0, 0.1) is 0 Å². The van der Waals surface area contributed by atoms with Crippen LogP contribution in [0.25, 0.3) is 0 Å². The molecule has 1 aliphatic rings. The van der Waals surface area contributed by atoms with E-state index in [1.807, 2.05) is 19.1 Å². The van der Waals surface area contributed by atoms with Crippen LogP contribution in [0.5, 0.6) is 0 Å². The molecule has 0 aromatic rings. The Kier molecular flexibility index (Phi) is 3.85. The fourth-order valence-corrected chi connectivity index (χ4v) is 1.21. The first kappa shape index (κ1) is 9.61. The van der Waals surface area contributed by atoms with Crippen LogP contribution < -0.4 is 0 Å². The van der Waals surface area contributed by atoms with E-state index in [0.29, 0.717) is 0 Å². The van der Waals surface area contributed by atoms with Crippen molar-refractivity contribution in [1.82, 2.24) is 0 Å². The van der Waals surface area contributed by atoms with Gasteiger partial charge in [0.05, 0.1) is 0 Å². The molecule has 0 heteroatoms. The van der Waals surface area contributed by atoms with Crippen LogP contribution in [-0.4, -0.2) is 0 Å². The molecule has 0 fully saturated rings. The lowest BCUT2D eigenvalue weighted by molar-refractivity contribution is 1.20. The molecule has 0 aromatic heterocycles. The molecule has 1 rings (SSSR count). The molecule has 0 saturated heterocycles. The standard InChI is InChI=1S/C13H14/c1-3-8-12(9-4-2)13-10-6-5-7-11-13/h3,6,8-11H,4H2,1-2H3/b8-3-,12-9+. The minimum absolute atomic E-state index is 1.05. The molecule has 0 spiro atoms. The molecule has 1 aliphatic carbocycles. The quantitative estimate of drug-likeness (QED) is 0.447. The monoisotopic (exact) mass is 170 g/mol. The maximum absolute atomic E-state index is 2.96. The van der Waals surface area contributed by atoms with Crippen molar-refractivity contribution < 1.29 is 0 Å². The lowest BCUT2D eigenvalue weighted by Gasteiger charge is -2.02. The Labute approximate surface area is 80.0 Å². The van der Waals surface area contributed by atoms with E-state index in [1.54, 1.807) is 0 Å². The Bertz CT molecular complexity index is 349. The third-order valence-electron chi connectivity index (χ3n) is 1.76. The van der Waals surface area contributed by atoms with E-state index in [4.69, 9.17) is 0 Å². The van der Waals surface area contributed by atoms with Gasteiger partial charge in [-0.25, -0.2) is 0 Å². The zero-order valence-corrected chi connectivity index (χ0v) is 8.17. The summed E-state index contributed by atoms with van der Waals surface area (Å²) in [4.78, 5) is 0. The molecule has 0 N–H and O–H groups in total. The average molecular weight is 170 g/mol. The molecule has 13 heavy (non-hydrogen) atoms. The zero-order chi connectivity index (χ0) is 9.52. The first-order valence-corrected chi connectivity index (χ1v) is 4.59. The van der Waals surface area contributed by atoms with Gasteiger partial charge in [0.2, 0.25) is 0 Å². The number of hydrogen-bond acceptors (Lipinski definition) is 0. The minimum atomic E-state index is 1.05. The highest BCUT2D eigenvalue weighted by atomic mass is 14.0. The van der Waals surface area contributed by atoms with E-state index < -0.39 is 0 Å². The van der Waals surface area contributed by atoms with Crippen molar-refractivity contribution in [3.05, 3.63) is 59.1 Å². The normalized spacial score (nSPS) is 15.5. The van der Waals surface area contributed by atoms with Gasteiger partial charge in [-0.2, -0.15) is 0 Å². The van der Waals surface area contributed by atoms with Crippen LogP contribution >= 0.6 is 0 Å². The number of allylic oxidation sites excluding steroid dienone is 8. The van der Waals surface area contributed by atoms with E-state index in [2.05, 4.69) is 42.7 Å². The van der Waals surface area contributed by atoms with Gasteiger partial charge in [-0.05, 0) is 42.7 Å². The Hall–Kier alpha value is -1.48. The third kappa shape index (κ3) is 2.80. The first-order valence-electron chi connectivity index (χ1n) is 4.59. The van der Waals surface area contributed by atoms with Gasteiger partial charge in [-0.3, -0.25) is 0 Å². The van der Waals surface area contributed by atoms with E-state index >= 15 is 0 Å². The van der Waals surface area contributed by atoms with Crippen molar-refractivity contribution in [1.29, 1.82) is 0 Å². The molecule has 0 aromatic carbocycles. The van der Waals surface area contributed by atoms with Crippen LogP contribution in [0.2, 0.25) is 0 Å². The summed E-state index contributed by atoms with van der Waals surface area (Å²) in [7, 11) is 0. The van der Waals surface area contributed by atoms with Crippen molar-refractivity contribution in [2.75, 3.05) is 0 Å². The molecular formula is C13H14. The Morgan fingerprint density at radius 3 is 2.85 bits per heavy atom. The lowest BCUT2D eigenvalue weighted by atomic mass is 10.0. The predicted octanol–water partition coefficient (Wildman–Crippen LogP) is 3.71. The van der Waals surface area contributed by atoms with Gasteiger partial charge in [-0.1, -0.05) is 36.6 Å². The van der Waals surface area contributed by atoms with Crippen molar-refractivity contribution in [3.8, 4) is 0 Å².